The van der Waals surface area contributed by atoms with E-state index in [0.29, 0.717) is 30.4 Å². The lowest BCUT2D eigenvalue weighted by molar-refractivity contribution is -0.142. The molecule has 0 aliphatic carbocycles. The standard InChI is InChI=1S/C15H14BrClFNO3/c1-2-14(20)19-5-3-9(4-6-19)15(21)22-13-8-11(17)10(16)7-12(13)18/h2,7-9H,1,3-6H2. The van der Waals surface area contributed by atoms with E-state index in [1.54, 1.807) is 4.90 Å². The number of likely N-dealkylation sites (tertiary alicyclic amines) is 1. The minimum atomic E-state index is -0.663. The Balaban J connectivity index is 1.98. The molecule has 0 unspecified atom stereocenters. The molecule has 4 nitrogen and oxygen atoms in total. The molecule has 1 fully saturated rings. The number of benzene rings is 1. The third kappa shape index (κ3) is 3.87. The first-order valence-electron chi connectivity index (χ1n) is 6.70. The number of halogens is 3. The molecule has 1 aliphatic rings. The maximum Gasteiger partial charge on any atom is 0.314 e. The second-order valence-corrected chi connectivity index (χ2v) is 6.18. The molecule has 1 aromatic rings. The van der Waals surface area contributed by atoms with E-state index in [1.165, 1.54) is 12.1 Å². The van der Waals surface area contributed by atoms with Gasteiger partial charge in [0, 0.05) is 23.6 Å². The van der Waals surface area contributed by atoms with Gasteiger partial charge in [-0.2, -0.15) is 0 Å². The van der Waals surface area contributed by atoms with Gasteiger partial charge in [-0.05, 0) is 40.9 Å². The van der Waals surface area contributed by atoms with Crippen LogP contribution in [-0.4, -0.2) is 29.9 Å². The van der Waals surface area contributed by atoms with Crippen LogP contribution in [0.3, 0.4) is 0 Å². The van der Waals surface area contributed by atoms with Crippen LogP contribution < -0.4 is 4.74 Å². The summed E-state index contributed by atoms with van der Waals surface area (Å²) in [5.74, 6) is -1.89. The van der Waals surface area contributed by atoms with Crippen molar-refractivity contribution < 1.29 is 18.7 Å². The van der Waals surface area contributed by atoms with Gasteiger partial charge in [0.05, 0.1) is 10.9 Å². The third-order valence-electron chi connectivity index (χ3n) is 3.50. The number of piperidine rings is 1. The largest absolute Gasteiger partial charge is 0.423 e. The fourth-order valence-corrected chi connectivity index (χ4v) is 2.71. The molecule has 0 atom stereocenters. The van der Waals surface area contributed by atoms with E-state index >= 15 is 0 Å². The number of carbonyl (C=O) groups excluding carboxylic acids is 2. The Kier molecular flexibility index (Phi) is 5.58. The third-order valence-corrected chi connectivity index (χ3v) is 4.70. The molecule has 7 heteroatoms. The summed E-state index contributed by atoms with van der Waals surface area (Å²) >= 11 is 8.96. The number of esters is 1. The van der Waals surface area contributed by atoms with Crippen molar-refractivity contribution in [1.82, 2.24) is 4.90 Å². The highest BCUT2D eigenvalue weighted by atomic mass is 79.9. The Bertz CT molecular complexity index is 615. The predicted molar refractivity (Wildman–Crippen MR) is 84.2 cm³/mol. The van der Waals surface area contributed by atoms with Crippen molar-refractivity contribution in [3.63, 3.8) is 0 Å². The van der Waals surface area contributed by atoms with E-state index in [0.717, 1.165) is 6.07 Å². The number of rotatable bonds is 3. The summed E-state index contributed by atoms with van der Waals surface area (Å²) in [4.78, 5) is 25.2. The van der Waals surface area contributed by atoms with Crippen molar-refractivity contribution in [3.8, 4) is 5.75 Å². The molecule has 0 radical (unpaired) electrons. The highest BCUT2D eigenvalue weighted by molar-refractivity contribution is 9.10. The Hall–Kier alpha value is -1.40. The van der Waals surface area contributed by atoms with E-state index in [2.05, 4.69) is 22.5 Å². The number of hydrogen-bond acceptors (Lipinski definition) is 3. The van der Waals surface area contributed by atoms with Gasteiger partial charge in [0.1, 0.15) is 0 Å². The number of amides is 1. The molecule has 0 N–H and O–H groups in total. The van der Waals surface area contributed by atoms with E-state index in [9.17, 15) is 14.0 Å². The summed E-state index contributed by atoms with van der Waals surface area (Å²) in [5.41, 5.74) is 0. The highest BCUT2D eigenvalue weighted by Crippen LogP contribution is 2.31. The smallest absolute Gasteiger partial charge is 0.314 e. The van der Waals surface area contributed by atoms with Gasteiger partial charge in [-0.15, -0.1) is 0 Å². The molecule has 1 aromatic carbocycles. The average Bonchev–Trinajstić information content (AvgIpc) is 2.52. The van der Waals surface area contributed by atoms with Crippen LogP contribution in [0.5, 0.6) is 5.75 Å². The van der Waals surface area contributed by atoms with Crippen LogP contribution in [0.15, 0.2) is 29.3 Å². The SMILES string of the molecule is C=CC(=O)N1CCC(C(=O)Oc2cc(Cl)c(Br)cc2F)CC1. The second kappa shape index (κ2) is 7.24. The molecule has 0 bridgehead atoms. The summed E-state index contributed by atoms with van der Waals surface area (Å²) in [6.07, 6.45) is 2.20. The van der Waals surface area contributed by atoms with Crippen LogP contribution in [0.1, 0.15) is 12.8 Å². The first kappa shape index (κ1) is 17.0. The zero-order valence-electron chi connectivity index (χ0n) is 11.7. The van der Waals surface area contributed by atoms with Gasteiger partial charge in [0.2, 0.25) is 5.91 Å². The molecule has 1 heterocycles. The van der Waals surface area contributed by atoms with Crippen molar-refractivity contribution in [2.24, 2.45) is 5.92 Å². The summed E-state index contributed by atoms with van der Waals surface area (Å²) in [6, 6.07) is 2.41. The topological polar surface area (TPSA) is 46.6 Å². The van der Waals surface area contributed by atoms with Gasteiger partial charge >= 0.3 is 5.97 Å². The van der Waals surface area contributed by atoms with Gasteiger partial charge in [0.15, 0.2) is 11.6 Å². The van der Waals surface area contributed by atoms with Gasteiger partial charge in [-0.3, -0.25) is 9.59 Å². The quantitative estimate of drug-likeness (QED) is 0.343. The maximum absolute atomic E-state index is 13.7. The molecular formula is C15H14BrClFNO3. The van der Waals surface area contributed by atoms with Crippen LogP contribution in [0.4, 0.5) is 4.39 Å². The molecule has 118 valence electrons. The highest BCUT2D eigenvalue weighted by Gasteiger charge is 2.28. The zero-order chi connectivity index (χ0) is 16.3. The van der Waals surface area contributed by atoms with Crippen LogP contribution in [0.2, 0.25) is 5.02 Å². The Morgan fingerprint density at radius 2 is 2.05 bits per heavy atom. The van der Waals surface area contributed by atoms with Crippen LogP contribution >= 0.6 is 27.5 Å². The molecule has 0 aromatic heterocycles. The lowest BCUT2D eigenvalue weighted by Crippen LogP contribution is -2.40. The summed E-state index contributed by atoms with van der Waals surface area (Å²) < 4.78 is 19.2. The van der Waals surface area contributed by atoms with Crippen molar-refractivity contribution in [2.75, 3.05) is 13.1 Å². The molecule has 22 heavy (non-hydrogen) atoms. The number of nitrogens with zero attached hydrogens (tertiary/aromatic N) is 1. The molecule has 0 saturated carbocycles. The summed E-state index contributed by atoms with van der Waals surface area (Å²) in [7, 11) is 0. The fraction of sp³-hybridized carbons (Fsp3) is 0.333. The van der Waals surface area contributed by atoms with E-state index < -0.39 is 11.8 Å². The minimum Gasteiger partial charge on any atom is -0.423 e. The molecule has 2 rings (SSSR count). The summed E-state index contributed by atoms with van der Waals surface area (Å²) in [5, 5.41) is 0.260. The molecule has 1 amide bonds. The van der Waals surface area contributed by atoms with Crippen molar-refractivity contribution in [3.05, 3.63) is 40.1 Å². The van der Waals surface area contributed by atoms with Crippen LogP contribution in [0.25, 0.3) is 0 Å². The lowest BCUT2D eigenvalue weighted by atomic mass is 9.97. The average molecular weight is 391 g/mol. The van der Waals surface area contributed by atoms with Crippen molar-refractivity contribution >= 4 is 39.4 Å². The van der Waals surface area contributed by atoms with Crippen molar-refractivity contribution in [1.29, 1.82) is 0 Å². The Morgan fingerprint density at radius 3 is 2.64 bits per heavy atom. The minimum absolute atomic E-state index is 0.155. The van der Waals surface area contributed by atoms with E-state index in [-0.39, 0.29) is 22.6 Å². The van der Waals surface area contributed by atoms with Gasteiger partial charge < -0.3 is 9.64 Å². The predicted octanol–water partition coefficient (Wildman–Crippen LogP) is 3.57. The van der Waals surface area contributed by atoms with E-state index in [4.69, 9.17) is 16.3 Å². The summed E-state index contributed by atoms with van der Waals surface area (Å²) in [6.45, 7) is 4.34. The van der Waals surface area contributed by atoms with Crippen molar-refractivity contribution in [2.45, 2.75) is 12.8 Å². The van der Waals surface area contributed by atoms with Gasteiger partial charge in [0.25, 0.3) is 0 Å². The van der Waals surface area contributed by atoms with Crippen LogP contribution in [-0.2, 0) is 9.59 Å². The van der Waals surface area contributed by atoms with Gasteiger partial charge in [-0.1, -0.05) is 18.2 Å². The second-order valence-electron chi connectivity index (χ2n) is 4.92. The zero-order valence-corrected chi connectivity index (χ0v) is 14.0. The number of ether oxygens (including phenoxy) is 1. The first-order valence-corrected chi connectivity index (χ1v) is 7.87. The maximum atomic E-state index is 13.7. The fourth-order valence-electron chi connectivity index (χ4n) is 2.24. The normalized spacial score (nSPS) is 15.5. The number of hydrogen-bond donors (Lipinski definition) is 0. The molecular weight excluding hydrogens is 377 g/mol. The van der Waals surface area contributed by atoms with Crippen LogP contribution in [0, 0.1) is 11.7 Å². The van der Waals surface area contributed by atoms with Gasteiger partial charge in [-0.25, -0.2) is 4.39 Å². The monoisotopic (exact) mass is 389 g/mol. The molecule has 1 saturated heterocycles. The van der Waals surface area contributed by atoms with E-state index in [1.807, 2.05) is 0 Å². The molecule has 0 spiro atoms. The Labute approximate surface area is 141 Å². The Morgan fingerprint density at radius 1 is 1.41 bits per heavy atom. The molecule has 1 aliphatic heterocycles. The first-order chi connectivity index (χ1) is 10.4. The lowest BCUT2D eigenvalue weighted by Gasteiger charge is -2.30. The number of carbonyl (C=O) groups is 2.